The normalized spacial score (nSPS) is 12.4. The fourth-order valence-electron chi connectivity index (χ4n) is 1.85. The minimum Gasteiger partial charge on any atom is -0.324 e. The van der Waals surface area contributed by atoms with Gasteiger partial charge in [-0.15, -0.1) is 0 Å². The van der Waals surface area contributed by atoms with Crippen LogP contribution in [0.1, 0.15) is 29.7 Å². The number of rotatable bonds is 3. The largest absolute Gasteiger partial charge is 0.324 e. The minimum absolute atomic E-state index is 0.0697. The summed E-state index contributed by atoms with van der Waals surface area (Å²) in [5.41, 5.74) is 9.88. The van der Waals surface area contributed by atoms with E-state index in [0.29, 0.717) is 0 Å². The molecule has 94 valence electrons. The molecule has 0 aromatic heterocycles. The van der Waals surface area contributed by atoms with E-state index in [1.165, 1.54) is 26.5 Å². The van der Waals surface area contributed by atoms with Crippen LogP contribution >= 0.6 is 11.8 Å². The highest BCUT2D eigenvalue weighted by Crippen LogP contribution is 2.33. The molecule has 2 rings (SSSR count). The van der Waals surface area contributed by atoms with E-state index in [9.17, 15) is 0 Å². The van der Waals surface area contributed by atoms with Crippen LogP contribution in [0.3, 0.4) is 0 Å². The van der Waals surface area contributed by atoms with Crippen molar-refractivity contribution >= 4 is 11.8 Å². The van der Waals surface area contributed by atoms with Crippen LogP contribution in [-0.4, -0.2) is 0 Å². The molecule has 0 radical (unpaired) electrons. The maximum atomic E-state index is 6.01. The highest BCUT2D eigenvalue weighted by Gasteiger charge is 2.07. The lowest BCUT2D eigenvalue weighted by molar-refractivity contribution is 0.797. The third kappa shape index (κ3) is 2.95. The molecule has 0 aliphatic carbocycles. The van der Waals surface area contributed by atoms with Gasteiger partial charge >= 0.3 is 0 Å². The second kappa shape index (κ2) is 5.59. The number of aryl methyl sites for hydroxylation is 2. The highest BCUT2D eigenvalue weighted by molar-refractivity contribution is 7.99. The first kappa shape index (κ1) is 13.2. The van der Waals surface area contributed by atoms with Crippen molar-refractivity contribution in [2.45, 2.75) is 36.6 Å². The Bertz CT molecular complexity index is 547. The van der Waals surface area contributed by atoms with E-state index in [2.05, 4.69) is 50.2 Å². The fourth-order valence-corrected chi connectivity index (χ4v) is 3.00. The van der Waals surface area contributed by atoms with Crippen molar-refractivity contribution in [1.82, 2.24) is 0 Å². The Morgan fingerprint density at radius 2 is 1.72 bits per heavy atom. The van der Waals surface area contributed by atoms with Gasteiger partial charge in [-0.05, 0) is 55.7 Å². The molecule has 0 aliphatic heterocycles. The van der Waals surface area contributed by atoms with Gasteiger partial charge in [0.05, 0.1) is 0 Å². The lowest BCUT2D eigenvalue weighted by Crippen LogP contribution is -2.05. The summed E-state index contributed by atoms with van der Waals surface area (Å²) >= 11 is 1.79. The van der Waals surface area contributed by atoms with Gasteiger partial charge in [0.15, 0.2) is 0 Å². The Kier molecular flexibility index (Phi) is 4.10. The van der Waals surface area contributed by atoms with E-state index in [0.717, 1.165) is 0 Å². The lowest BCUT2D eigenvalue weighted by Gasteiger charge is -2.12. The Morgan fingerprint density at radius 1 is 1.00 bits per heavy atom. The predicted octanol–water partition coefficient (Wildman–Crippen LogP) is 4.47. The van der Waals surface area contributed by atoms with Crippen molar-refractivity contribution in [1.29, 1.82) is 0 Å². The summed E-state index contributed by atoms with van der Waals surface area (Å²) in [5, 5.41) is 0. The molecule has 0 saturated heterocycles. The SMILES string of the molecule is Cc1ccc(Sc2ccccc2[C@H](C)N)cc1C. The molecule has 0 spiro atoms. The van der Waals surface area contributed by atoms with Crippen LogP contribution in [0.4, 0.5) is 0 Å². The van der Waals surface area contributed by atoms with Crippen LogP contribution in [0.5, 0.6) is 0 Å². The van der Waals surface area contributed by atoms with Gasteiger partial charge in [-0.2, -0.15) is 0 Å². The summed E-state index contributed by atoms with van der Waals surface area (Å²) in [5.74, 6) is 0. The van der Waals surface area contributed by atoms with E-state index < -0.39 is 0 Å². The number of nitrogens with two attached hydrogens (primary N) is 1. The molecule has 0 aliphatic rings. The minimum atomic E-state index is 0.0697. The quantitative estimate of drug-likeness (QED) is 0.877. The van der Waals surface area contributed by atoms with Gasteiger partial charge in [-0.25, -0.2) is 0 Å². The van der Waals surface area contributed by atoms with Crippen molar-refractivity contribution in [2.24, 2.45) is 5.73 Å². The second-order valence-corrected chi connectivity index (χ2v) is 5.79. The van der Waals surface area contributed by atoms with E-state index in [4.69, 9.17) is 5.73 Å². The van der Waals surface area contributed by atoms with E-state index in [1.807, 2.05) is 13.0 Å². The summed E-state index contributed by atoms with van der Waals surface area (Å²) in [6, 6.07) is 15.0. The molecule has 0 unspecified atom stereocenters. The third-order valence-corrected chi connectivity index (χ3v) is 4.20. The molecule has 0 amide bonds. The Morgan fingerprint density at radius 3 is 2.39 bits per heavy atom. The molecule has 1 atom stereocenters. The predicted molar refractivity (Wildman–Crippen MR) is 79.1 cm³/mol. The van der Waals surface area contributed by atoms with E-state index in [-0.39, 0.29) is 6.04 Å². The molecule has 2 N–H and O–H groups in total. The van der Waals surface area contributed by atoms with Crippen LogP contribution in [-0.2, 0) is 0 Å². The summed E-state index contributed by atoms with van der Waals surface area (Å²) in [6.45, 7) is 6.32. The van der Waals surface area contributed by atoms with Crippen molar-refractivity contribution in [3.8, 4) is 0 Å². The summed E-state index contributed by atoms with van der Waals surface area (Å²) in [4.78, 5) is 2.52. The molecule has 0 bridgehead atoms. The zero-order valence-electron chi connectivity index (χ0n) is 11.1. The number of hydrogen-bond acceptors (Lipinski definition) is 2. The maximum absolute atomic E-state index is 6.01. The third-order valence-electron chi connectivity index (χ3n) is 3.12. The molecular formula is C16H19NS. The van der Waals surface area contributed by atoms with Gasteiger partial charge in [-0.1, -0.05) is 36.0 Å². The molecule has 1 nitrogen and oxygen atoms in total. The van der Waals surface area contributed by atoms with E-state index in [1.54, 1.807) is 11.8 Å². The van der Waals surface area contributed by atoms with Gasteiger partial charge in [0, 0.05) is 15.8 Å². The van der Waals surface area contributed by atoms with Gasteiger partial charge in [0.2, 0.25) is 0 Å². The van der Waals surface area contributed by atoms with Gasteiger partial charge in [0.25, 0.3) is 0 Å². The molecule has 0 saturated carbocycles. The maximum Gasteiger partial charge on any atom is 0.0277 e. The van der Waals surface area contributed by atoms with Crippen molar-refractivity contribution in [2.75, 3.05) is 0 Å². The molecular weight excluding hydrogens is 238 g/mol. The second-order valence-electron chi connectivity index (χ2n) is 4.67. The van der Waals surface area contributed by atoms with Crippen LogP contribution in [0.25, 0.3) is 0 Å². The van der Waals surface area contributed by atoms with E-state index >= 15 is 0 Å². The first-order chi connectivity index (χ1) is 8.58. The van der Waals surface area contributed by atoms with Crippen LogP contribution in [0, 0.1) is 13.8 Å². The van der Waals surface area contributed by atoms with Crippen molar-refractivity contribution in [3.63, 3.8) is 0 Å². The lowest BCUT2D eigenvalue weighted by atomic mass is 10.1. The number of hydrogen-bond donors (Lipinski definition) is 1. The van der Waals surface area contributed by atoms with Gasteiger partial charge in [0.1, 0.15) is 0 Å². The van der Waals surface area contributed by atoms with Gasteiger partial charge < -0.3 is 5.73 Å². The molecule has 2 aromatic rings. The smallest absolute Gasteiger partial charge is 0.0277 e. The summed E-state index contributed by atoms with van der Waals surface area (Å²) in [7, 11) is 0. The molecule has 2 heteroatoms. The van der Waals surface area contributed by atoms with Crippen LogP contribution in [0.15, 0.2) is 52.3 Å². The first-order valence-electron chi connectivity index (χ1n) is 6.17. The van der Waals surface area contributed by atoms with Crippen LogP contribution in [0.2, 0.25) is 0 Å². The van der Waals surface area contributed by atoms with Crippen LogP contribution < -0.4 is 5.73 Å². The topological polar surface area (TPSA) is 26.0 Å². The average molecular weight is 257 g/mol. The Hall–Kier alpha value is -1.25. The highest BCUT2D eigenvalue weighted by atomic mass is 32.2. The van der Waals surface area contributed by atoms with Crippen molar-refractivity contribution in [3.05, 3.63) is 59.2 Å². The molecule has 0 fully saturated rings. The zero-order valence-corrected chi connectivity index (χ0v) is 11.9. The molecule has 0 heterocycles. The Balaban J connectivity index is 2.31. The van der Waals surface area contributed by atoms with Gasteiger partial charge in [-0.3, -0.25) is 0 Å². The fraction of sp³-hybridized carbons (Fsp3) is 0.250. The summed E-state index contributed by atoms with van der Waals surface area (Å²) in [6.07, 6.45) is 0. The van der Waals surface area contributed by atoms with Crippen molar-refractivity contribution < 1.29 is 0 Å². The summed E-state index contributed by atoms with van der Waals surface area (Å²) < 4.78 is 0. The monoisotopic (exact) mass is 257 g/mol. The number of benzene rings is 2. The average Bonchev–Trinajstić information content (AvgIpc) is 2.34. The standard InChI is InChI=1S/C16H19NS/c1-11-8-9-14(10-12(11)2)18-16-7-5-4-6-15(16)13(3)17/h4-10,13H,17H2,1-3H3/t13-/m0/s1. The first-order valence-corrected chi connectivity index (χ1v) is 6.99. The zero-order chi connectivity index (χ0) is 13.1. The molecule has 2 aromatic carbocycles. The molecule has 18 heavy (non-hydrogen) atoms. The Labute approximate surface area is 113 Å².